The lowest BCUT2D eigenvalue weighted by atomic mass is 9.77. The van der Waals surface area contributed by atoms with Gasteiger partial charge in [0.05, 0.1) is 45.3 Å². The molecule has 1 spiro atoms. The molecule has 5 rings (SSSR count). The predicted molar refractivity (Wildman–Crippen MR) is 182 cm³/mol. The Hall–Kier alpha value is -3.47. The number of allylic oxidation sites excluding steroid dienone is 1. The van der Waals surface area contributed by atoms with E-state index in [9.17, 15) is 4.39 Å². The summed E-state index contributed by atoms with van der Waals surface area (Å²) in [5.41, 5.74) is 2.87. The minimum atomic E-state index is -0.599. The predicted octanol–water partition coefficient (Wildman–Crippen LogP) is 7.59. The minimum absolute atomic E-state index is 0.308. The highest BCUT2D eigenvalue weighted by Crippen LogP contribution is 2.39. The number of halogens is 1. The van der Waals surface area contributed by atoms with E-state index < -0.39 is 6.67 Å². The Morgan fingerprint density at radius 2 is 1.93 bits per heavy atom. The third-order valence-electron chi connectivity index (χ3n) is 8.82. The Kier molecular flexibility index (Phi) is 12.6. The van der Waals surface area contributed by atoms with Crippen molar-refractivity contribution in [1.82, 2.24) is 14.9 Å². The van der Waals surface area contributed by atoms with E-state index in [-0.39, 0.29) is 0 Å². The molecule has 0 unspecified atom stereocenters. The van der Waals surface area contributed by atoms with Gasteiger partial charge >= 0.3 is 0 Å². The first kappa shape index (κ1) is 35.4. The molecule has 2 aliphatic heterocycles. The number of hydrogen-bond acceptors (Lipinski definition) is 8. The van der Waals surface area contributed by atoms with Crippen LogP contribution in [0.25, 0.3) is 10.9 Å². The number of pyridine rings is 1. The van der Waals surface area contributed by atoms with E-state index in [1.165, 1.54) is 25.5 Å². The zero-order valence-corrected chi connectivity index (χ0v) is 28.4. The maximum Gasteiger partial charge on any atom is 0.163 e. The molecule has 2 aromatic heterocycles. The van der Waals surface area contributed by atoms with Crippen LogP contribution in [0.4, 0.5) is 10.2 Å². The highest BCUT2D eigenvalue weighted by molar-refractivity contribution is 5.89. The summed E-state index contributed by atoms with van der Waals surface area (Å²) in [5, 5.41) is 0.758. The quantitative estimate of drug-likeness (QED) is 0.111. The third kappa shape index (κ3) is 9.53. The van der Waals surface area contributed by atoms with Gasteiger partial charge in [0.15, 0.2) is 11.5 Å². The third-order valence-corrected chi connectivity index (χ3v) is 8.82. The number of piperidine rings is 1. The SMILES string of the molecule is C=C(/C=N\c1[nH]c(C)cc1CF)Oc1ccnc2cc(OCCCN3CCC4(CC3)COC4)c(OC)cc12.CCC(C)(C)COC. The van der Waals surface area contributed by atoms with E-state index in [0.717, 1.165) is 57.0 Å². The van der Waals surface area contributed by atoms with Crippen molar-refractivity contribution in [2.45, 2.75) is 60.1 Å². The number of aryl methyl sites for hydroxylation is 1. The number of methoxy groups -OCH3 is 2. The van der Waals surface area contributed by atoms with Crippen LogP contribution in [-0.4, -0.2) is 81.4 Å². The lowest BCUT2D eigenvalue weighted by Gasteiger charge is -2.47. The van der Waals surface area contributed by atoms with Gasteiger partial charge in [0.1, 0.15) is 24.0 Å². The van der Waals surface area contributed by atoms with E-state index in [1.54, 1.807) is 32.5 Å². The molecular weight excluding hydrogens is 587 g/mol. The summed E-state index contributed by atoms with van der Waals surface area (Å²) in [6, 6.07) is 7.21. The Morgan fingerprint density at radius 1 is 1.17 bits per heavy atom. The van der Waals surface area contributed by atoms with Gasteiger partial charge in [0.2, 0.25) is 0 Å². The van der Waals surface area contributed by atoms with E-state index in [0.29, 0.717) is 57.3 Å². The molecule has 2 aliphatic rings. The van der Waals surface area contributed by atoms with Crippen molar-refractivity contribution in [2.75, 3.05) is 60.3 Å². The van der Waals surface area contributed by atoms with Crippen LogP contribution in [0.5, 0.6) is 17.2 Å². The summed E-state index contributed by atoms with van der Waals surface area (Å²) < 4.78 is 41.3. The Bertz CT molecular complexity index is 1460. The molecule has 0 aliphatic carbocycles. The smallest absolute Gasteiger partial charge is 0.163 e. The largest absolute Gasteiger partial charge is 0.493 e. The number of aromatic amines is 1. The number of aliphatic imine (C=N–C) groups is 1. The molecule has 4 heterocycles. The van der Waals surface area contributed by atoms with E-state index >= 15 is 0 Å². The van der Waals surface area contributed by atoms with Crippen LogP contribution in [0.2, 0.25) is 0 Å². The van der Waals surface area contributed by atoms with Gasteiger partial charge in [-0.15, -0.1) is 0 Å². The van der Waals surface area contributed by atoms with Crippen molar-refractivity contribution in [3.63, 3.8) is 0 Å². The van der Waals surface area contributed by atoms with Crippen molar-refractivity contribution in [3.05, 3.63) is 54.1 Å². The van der Waals surface area contributed by atoms with Crippen molar-refractivity contribution in [2.24, 2.45) is 15.8 Å². The van der Waals surface area contributed by atoms with Gasteiger partial charge in [-0.2, -0.15) is 0 Å². The lowest BCUT2D eigenvalue weighted by molar-refractivity contribution is -0.139. The normalized spacial score (nSPS) is 16.2. The fourth-order valence-electron chi connectivity index (χ4n) is 5.54. The summed E-state index contributed by atoms with van der Waals surface area (Å²) in [4.78, 5) is 14.3. The number of nitrogens with one attached hydrogen (secondary N) is 1. The second-order valence-corrected chi connectivity index (χ2v) is 13.1. The number of alkyl halides is 1. The van der Waals surface area contributed by atoms with Crippen molar-refractivity contribution >= 4 is 22.9 Å². The average molecular weight is 639 g/mol. The number of benzene rings is 1. The average Bonchev–Trinajstić information content (AvgIpc) is 3.41. The molecule has 9 nitrogen and oxygen atoms in total. The zero-order chi connectivity index (χ0) is 33.2. The highest BCUT2D eigenvalue weighted by Gasteiger charge is 2.40. The fourth-order valence-corrected chi connectivity index (χ4v) is 5.54. The van der Waals surface area contributed by atoms with Crippen LogP contribution < -0.4 is 14.2 Å². The summed E-state index contributed by atoms with van der Waals surface area (Å²) >= 11 is 0. The monoisotopic (exact) mass is 638 g/mol. The number of likely N-dealkylation sites (tertiary alicyclic amines) is 1. The van der Waals surface area contributed by atoms with Gasteiger partial charge in [-0.25, -0.2) is 9.38 Å². The second kappa shape index (κ2) is 16.4. The molecule has 2 saturated heterocycles. The van der Waals surface area contributed by atoms with Gasteiger partial charge < -0.3 is 33.6 Å². The van der Waals surface area contributed by atoms with Crippen LogP contribution in [0.3, 0.4) is 0 Å². The van der Waals surface area contributed by atoms with E-state index in [1.807, 2.05) is 19.1 Å². The van der Waals surface area contributed by atoms with Crippen LogP contribution in [0, 0.1) is 17.8 Å². The summed E-state index contributed by atoms with van der Waals surface area (Å²) in [5.74, 6) is 2.57. The first-order valence-electron chi connectivity index (χ1n) is 16.1. The first-order chi connectivity index (χ1) is 22.1. The van der Waals surface area contributed by atoms with Crippen LogP contribution in [-0.2, 0) is 16.1 Å². The van der Waals surface area contributed by atoms with Crippen LogP contribution in [0.15, 0.2) is 47.8 Å². The molecular formula is C36H51FN4O5. The Balaban J connectivity index is 0.000000533. The maximum absolute atomic E-state index is 13.2. The number of hydrogen-bond donors (Lipinski definition) is 1. The van der Waals surface area contributed by atoms with Crippen molar-refractivity contribution in [1.29, 1.82) is 0 Å². The minimum Gasteiger partial charge on any atom is -0.493 e. The molecule has 0 bridgehead atoms. The van der Waals surface area contributed by atoms with Crippen molar-refractivity contribution < 1.29 is 28.1 Å². The number of aromatic nitrogens is 2. The van der Waals surface area contributed by atoms with Gasteiger partial charge in [0, 0.05) is 48.0 Å². The molecule has 1 aromatic carbocycles. The van der Waals surface area contributed by atoms with Gasteiger partial charge in [-0.3, -0.25) is 4.98 Å². The molecule has 1 N–H and O–H groups in total. The van der Waals surface area contributed by atoms with E-state index in [2.05, 4.69) is 47.2 Å². The van der Waals surface area contributed by atoms with Gasteiger partial charge in [0.25, 0.3) is 0 Å². The topological polar surface area (TPSA) is 90.4 Å². The molecule has 0 atom stereocenters. The van der Waals surface area contributed by atoms with E-state index in [4.69, 9.17) is 23.7 Å². The zero-order valence-electron chi connectivity index (χ0n) is 28.4. The van der Waals surface area contributed by atoms with Gasteiger partial charge in [-0.05, 0) is 69.3 Å². The summed E-state index contributed by atoms with van der Waals surface area (Å²) in [7, 11) is 3.36. The second-order valence-electron chi connectivity index (χ2n) is 13.1. The van der Waals surface area contributed by atoms with Gasteiger partial charge in [-0.1, -0.05) is 27.4 Å². The summed E-state index contributed by atoms with van der Waals surface area (Å²) in [6.07, 6.45) is 7.71. The highest BCUT2D eigenvalue weighted by atomic mass is 19.1. The number of fused-ring (bicyclic) bond motifs is 1. The molecule has 46 heavy (non-hydrogen) atoms. The molecule has 10 heteroatoms. The van der Waals surface area contributed by atoms with Crippen molar-refractivity contribution in [3.8, 4) is 17.2 Å². The molecule has 0 saturated carbocycles. The first-order valence-corrected chi connectivity index (χ1v) is 16.1. The number of nitrogens with zero attached hydrogens (tertiary/aromatic N) is 3. The number of H-pyrrole nitrogens is 1. The van der Waals surface area contributed by atoms with Crippen LogP contribution in [0.1, 0.15) is 57.7 Å². The summed E-state index contributed by atoms with van der Waals surface area (Å²) in [6.45, 7) is 18.4. The standard InChI is InChI=1S/C29H35FN4O4.C7H16O/c1-20-13-22(16-30)28(33-20)32-17-21(2)38-25-5-8-31-24-15-27(26(35-3)14-23(24)25)37-12-4-9-34-10-6-29(7-11-34)18-36-19-29;1-5-7(2,3)6-8-4/h5,8,13-15,17,33H,2,4,6-7,9-12,16,18-19H2,1,3H3;5-6H2,1-4H3/b32-17-;. The molecule has 0 radical (unpaired) electrons. The maximum atomic E-state index is 13.2. The number of rotatable bonds is 14. The molecule has 0 amide bonds. The van der Waals surface area contributed by atoms with Crippen LogP contribution >= 0.6 is 0 Å². The fraction of sp³-hybridized carbons (Fsp3) is 0.556. The molecule has 2 fully saturated rings. The Labute approximate surface area is 273 Å². The lowest BCUT2D eigenvalue weighted by Crippen LogP contribution is -2.51. The Morgan fingerprint density at radius 3 is 2.54 bits per heavy atom. The molecule has 3 aromatic rings. The molecule has 252 valence electrons. The number of ether oxygens (including phenoxy) is 5.